The van der Waals surface area contributed by atoms with Crippen LogP contribution < -0.4 is 0 Å². The van der Waals surface area contributed by atoms with Crippen molar-refractivity contribution < 1.29 is 19.3 Å². The van der Waals surface area contributed by atoms with Crippen LogP contribution in [-0.4, -0.2) is 41.5 Å². The van der Waals surface area contributed by atoms with E-state index in [-0.39, 0.29) is 11.9 Å². The molecule has 0 aromatic rings. The van der Waals surface area contributed by atoms with Crippen LogP contribution in [-0.2, 0) is 4.74 Å². The summed E-state index contributed by atoms with van der Waals surface area (Å²) < 4.78 is 18.1. The normalized spacial score (nSPS) is 30.5. The molecule has 0 aromatic carbocycles. The summed E-state index contributed by atoms with van der Waals surface area (Å²) in [4.78, 5) is 4.11. The fourth-order valence-electron chi connectivity index (χ4n) is 1.73. The Morgan fingerprint density at radius 3 is 2.95 bits per heavy atom. The molecule has 2 N–H and O–H groups in total. The van der Waals surface area contributed by atoms with E-state index in [1.807, 2.05) is 0 Å². The van der Waals surface area contributed by atoms with Crippen molar-refractivity contribution in [2.45, 2.75) is 25.0 Å². The molecule has 0 amide bonds. The van der Waals surface area contributed by atoms with E-state index in [0.717, 1.165) is 0 Å². The van der Waals surface area contributed by atoms with E-state index in [1.54, 1.807) is 12.2 Å². The van der Waals surface area contributed by atoms with Crippen LogP contribution in [0.15, 0.2) is 52.8 Å². The van der Waals surface area contributed by atoms with E-state index in [1.165, 1.54) is 18.4 Å². The SMILES string of the molecule is C=C(O)/C=C(\C=NCC1OC1O)C1=CC(F)CC=C1. The van der Waals surface area contributed by atoms with Crippen molar-refractivity contribution in [2.75, 3.05) is 6.54 Å². The Morgan fingerprint density at radius 1 is 1.63 bits per heavy atom. The zero-order valence-corrected chi connectivity index (χ0v) is 10.4. The lowest BCUT2D eigenvalue weighted by Crippen LogP contribution is -2.03. The highest BCUT2D eigenvalue weighted by molar-refractivity contribution is 5.86. The van der Waals surface area contributed by atoms with Crippen molar-refractivity contribution in [2.24, 2.45) is 4.99 Å². The third-order valence-electron chi connectivity index (χ3n) is 2.75. The number of alkyl halides is 1. The molecule has 2 aliphatic rings. The molecule has 1 aliphatic carbocycles. The second-order valence-electron chi connectivity index (χ2n) is 4.43. The summed E-state index contributed by atoms with van der Waals surface area (Å²) in [6.07, 6.45) is 6.25. The molecule has 0 spiro atoms. The maximum absolute atomic E-state index is 13.3. The van der Waals surface area contributed by atoms with Gasteiger partial charge in [-0.25, -0.2) is 4.39 Å². The summed E-state index contributed by atoms with van der Waals surface area (Å²) in [5.74, 6) is -0.126. The first-order valence-corrected chi connectivity index (χ1v) is 6.02. The summed E-state index contributed by atoms with van der Waals surface area (Å²) in [7, 11) is 0. The van der Waals surface area contributed by atoms with Crippen LogP contribution in [0.3, 0.4) is 0 Å². The van der Waals surface area contributed by atoms with Gasteiger partial charge in [0.05, 0.1) is 6.54 Å². The van der Waals surface area contributed by atoms with Crippen LogP contribution in [0.1, 0.15) is 6.42 Å². The Balaban J connectivity index is 2.07. The fourth-order valence-corrected chi connectivity index (χ4v) is 1.73. The first kappa shape index (κ1) is 13.7. The average molecular weight is 265 g/mol. The average Bonchev–Trinajstić information content (AvgIpc) is 3.03. The maximum Gasteiger partial charge on any atom is 0.183 e. The van der Waals surface area contributed by atoms with E-state index in [4.69, 9.17) is 9.84 Å². The highest BCUT2D eigenvalue weighted by Crippen LogP contribution is 2.21. The number of hydrogen-bond donors (Lipinski definition) is 2. The number of aliphatic hydroxyl groups excluding tert-OH is 2. The minimum Gasteiger partial charge on any atom is -0.509 e. The minimum atomic E-state index is -1.03. The molecule has 1 fully saturated rings. The molecule has 4 nitrogen and oxygen atoms in total. The van der Waals surface area contributed by atoms with Gasteiger partial charge in [-0.3, -0.25) is 4.99 Å². The third kappa shape index (κ3) is 4.15. The zero-order valence-electron chi connectivity index (χ0n) is 10.4. The quantitative estimate of drug-likeness (QED) is 0.346. The van der Waals surface area contributed by atoms with Gasteiger partial charge >= 0.3 is 0 Å². The van der Waals surface area contributed by atoms with E-state index < -0.39 is 12.5 Å². The molecule has 19 heavy (non-hydrogen) atoms. The Hall–Kier alpha value is -1.72. The van der Waals surface area contributed by atoms with Crippen LogP contribution >= 0.6 is 0 Å². The van der Waals surface area contributed by atoms with E-state index in [9.17, 15) is 9.50 Å². The fraction of sp³-hybridized carbons (Fsp3) is 0.357. The molecule has 3 unspecified atom stereocenters. The molecule has 5 heteroatoms. The first-order chi connectivity index (χ1) is 9.06. The Bertz CT molecular complexity index is 479. The van der Waals surface area contributed by atoms with E-state index in [0.29, 0.717) is 24.1 Å². The number of halogens is 1. The molecule has 0 saturated carbocycles. The van der Waals surface area contributed by atoms with Crippen LogP contribution in [0.5, 0.6) is 0 Å². The van der Waals surface area contributed by atoms with Gasteiger partial charge in [0.15, 0.2) is 6.29 Å². The molecule has 2 rings (SSSR count). The molecule has 1 saturated heterocycles. The number of hydrogen-bond acceptors (Lipinski definition) is 4. The minimum absolute atomic E-state index is 0.126. The summed E-state index contributed by atoms with van der Waals surface area (Å²) in [5, 5.41) is 18.2. The van der Waals surface area contributed by atoms with Crippen molar-refractivity contribution in [3.63, 3.8) is 0 Å². The maximum atomic E-state index is 13.3. The Morgan fingerprint density at radius 2 is 2.37 bits per heavy atom. The molecular formula is C14H16FNO3. The number of aliphatic hydroxyl groups is 2. The van der Waals surface area contributed by atoms with Crippen molar-refractivity contribution in [3.8, 4) is 0 Å². The van der Waals surface area contributed by atoms with Gasteiger partial charge < -0.3 is 14.9 Å². The molecule has 3 atom stereocenters. The second kappa shape index (κ2) is 5.95. The molecular weight excluding hydrogens is 249 g/mol. The molecule has 1 aliphatic heterocycles. The molecule has 1 heterocycles. The number of allylic oxidation sites excluding steroid dienone is 6. The third-order valence-corrected chi connectivity index (χ3v) is 2.75. The summed E-state index contributed by atoms with van der Waals surface area (Å²) >= 11 is 0. The topological polar surface area (TPSA) is 65.4 Å². The summed E-state index contributed by atoms with van der Waals surface area (Å²) in [5.41, 5.74) is 1.22. The highest BCUT2D eigenvalue weighted by Gasteiger charge is 2.36. The van der Waals surface area contributed by atoms with Crippen molar-refractivity contribution in [1.29, 1.82) is 0 Å². The summed E-state index contributed by atoms with van der Waals surface area (Å²) in [6, 6.07) is 0. The van der Waals surface area contributed by atoms with Crippen molar-refractivity contribution >= 4 is 6.21 Å². The second-order valence-corrected chi connectivity index (χ2v) is 4.43. The lowest BCUT2D eigenvalue weighted by molar-refractivity contribution is 0.156. The first-order valence-electron chi connectivity index (χ1n) is 6.02. The lowest BCUT2D eigenvalue weighted by atomic mass is 9.99. The van der Waals surface area contributed by atoms with E-state index in [2.05, 4.69) is 11.6 Å². The number of rotatable bonds is 5. The summed E-state index contributed by atoms with van der Waals surface area (Å²) in [6.45, 7) is 3.71. The van der Waals surface area contributed by atoms with Gasteiger partial charge in [-0.1, -0.05) is 18.7 Å². The van der Waals surface area contributed by atoms with Crippen molar-refractivity contribution in [3.05, 3.63) is 47.8 Å². The largest absolute Gasteiger partial charge is 0.509 e. The van der Waals surface area contributed by atoms with Gasteiger partial charge in [-0.15, -0.1) is 0 Å². The molecule has 0 radical (unpaired) electrons. The van der Waals surface area contributed by atoms with Gasteiger partial charge in [-0.2, -0.15) is 0 Å². The standard InChI is InChI=1S/C14H16FNO3/c1-9(17)5-11(7-16-8-13-14(18)19-13)10-3-2-4-12(15)6-10/h2-3,5-7,12-14,17-18H,1,4,8H2/b11-5+,16-7?. The smallest absolute Gasteiger partial charge is 0.183 e. The van der Waals surface area contributed by atoms with Gasteiger partial charge in [0.1, 0.15) is 18.0 Å². The van der Waals surface area contributed by atoms with Gasteiger partial charge in [0.2, 0.25) is 0 Å². The van der Waals surface area contributed by atoms with E-state index >= 15 is 0 Å². The van der Waals surface area contributed by atoms with Crippen LogP contribution in [0.2, 0.25) is 0 Å². The van der Waals surface area contributed by atoms with Crippen LogP contribution in [0.25, 0.3) is 0 Å². The number of aliphatic imine (C=N–C) groups is 1. The van der Waals surface area contributed by atoms with Gasteiger partial charge in [0.25, 0.3) is 0 Å². The molecule has 0 bridgehead atoms. The molecule has 102 valence electrons. The van der Waals surface area contributed by atoms with Gasteiger partial charge in [0, 0.05) is 18.2 Å². The highest BCUT2D eigenvalue weighted by atomic mass is 19.1. The van der Waals surface area contributed by atoms with Gasteiger partial charge in [-0.05, 0) is 17.7 Å². The van der Waals surface area contributed by atoms with Crippen LogP contribution in [0.4, 0.5) is 4.39 Å². The lowest BCUT2D eigenvalue weighted by Gasteiger charge is -2.10. The Labute approximate surface area is 110 Å². The van der Waals surface area contributed by atoms with Crippen molar-refractivity contribution in [1.82, 2.24) is 0 Å². The number of ether oxygens (including phenoxy) is 1. The Kier molecular flexibility index (Phi) is 4.29. The predicted octanol–water partition coefficient (Wildman–Crippen LogP) is 2.00. The number of nitrogens with zero attached hydrogens (tertiary/aromatic N) is 1. The molecule has 0 aromatic heterocycles. The predicted molar refractivity (Wildman–Crippen MR) is 70.8 cm³/mol. The number of epoxide rings is 1. The van der Waals surface area contributed by atoms with Crippen LogP contribution in [0, 0.1) is 0 Å². The zero-order chi connectivity index (χ0) is 13.8. The monoisotopic (exact) mass is 265 g/mol.